The maximum Gasteiger partial charge on any atom is 1.00 e. The second-order valence-corrected chi connectivity index (χ2v) is 6.65. The Labute approximate surface area is 190 Å². The van der Waals surface area contributed by atoms with Crippen LogP contribution in [0.1, 0.15) is 52.0 Å². The second-order valence-electron chi connectivity index (χ2n) is 6.65. The second kappa shape index (κ2) is 8.43. The third-order valence-corrected chi connectivity index (χ3v) is 4.61. The Hall–Kier alpha value is -0.235. The number of aromatic nitrogens is 1. The minimum atomic E-state index is -0.639. The average molecular weight is 403 g/mol. The monoisotopic (exact) mass is 402 g/mol. The van der Waals surface area contributed by atoms with E-state index in [1.165, 1.54) is 18.7 Å². The van der Waals surface area contributed by atoms with Gasteiger partial charge in [-0.25, -0.2) is 4.39 Å². The number of pyridine rings is 1. The summed E-state index contributed by atoms with van der Waals surface area (Å²) in [6.07, 6.45) is 6.93. The molecule has 0 atom stereocenters. The molecular weight excluding hydrogens is 381 g/mol. The van der Waals surface area contributed by atoms with Crippen LogP contribution in [0.15, 0.2) is 23.1 Å². The molecule has 0 saturated heterocycles. The summed E-state index contributed by atoms with van der Waals surface area (Å²) in [7, 11) is 0. The van der Waals surface area contributed by atoms with Gasteiger partial charge in [0.25, 0.3) is 0 Å². The summed E-state index contributed by atoms with van der Waals surface area (Å²) < 4.78 is 16.1. The topological polar surface area (TPSA) is 57.1 Å². The van der Waals surface area contributed by atoms with Crippen molar-refractivity contribution in [3.63, 3.8) is 0 Å². The van der Waals surface area contributed by atoms with Crippen molar-refractivity contribution in [2.45, 2.75) is 58.0 Å². The predicted octanol–water partition coefficient (Wildman–Crippen LogP) is 0.544. The van der Waals surface area contributed by atoms with Crippen molar-refractivity contribution in [2.24, 2.45) is 0 Å². The quantitative estimate of drug-likeness (QED) is 0.815. The fourth-order valence-corrected chi connectivity index (χ4v) is 3.35. The van der Waals surface area contributed by atoms with Crippen molar-refractivity contribution in [3.8, 4) is 5.75 Å². The molecular formula is C18H22FN2O2Rb. The molecule has 1 aliphatic rings. The molecule has 24 heavy (non-hydrogen) atoms. The van der Waals surface area contributed by atoms with E-state index < -0.39 is 17.0 Å². The number of benzene rings is 1. The number of fused-ring (bicyclic) bond motifs is 1. The van der Waals surface area contributed by atoms with Gasteiger partial charge in [-0.3, -0.25) is 4.79 Å². The van der Waals surface area contributed by atoms with E-state index in [1.54, 1.807) is 10.6 Å². The van der Waals surface area contributed by atoms with Crippen LogP contribution in [0.25, 0.3) is 10.9 Å². The summed E-state index contributed by atoms with van der Waals surface area (Å²) >= 11 is 0. The molecule has 1 saturated carbocycles. The summed E-state index contributed by atoms with van der Waals surface area (Å²) in [6.45, 7) is 3.86. The summed E-state index contributed by atoms with van der Waals surface area (Å²) in [4.78, 5) is 12.0. The fourth-order valence-electron chi connectivity index (χ4n) is 3.35. The van der Waals surface area contributed by atoms with Crippen LogP contribution in [0.4, 0.5) is 10.1 Å². The molecule has 3 rings (SSSR count). The molecule has 1 aromatic carbocycles. The fraction of sp³-hybridized carbons (Fsp3) is 0.500. The van der Waals surface area contributed by atoms with Crippen molar-refractivity contribution < 1.29 is 67.7 Å². The molecule has 0 amide bonds. The van der Waals surface area contributed by atoms with Gasteiger partial charge in [0.2, 0.25) is 0 Å². The van der Waals surface area contributed by atoms with E-state index in [2.05, 4.69) is 5.32 Å². The van der Waals surface area contributed by atoms with Crippen molar-refractivity contribution in [1.82, 2.24) is 4.57 Å². The van der Waals surface area contributed by atoms with Gasteiger partial charge in [0.15, 0.2) is 5.43 Å². The predicted molar refractivity (Wildman–Crippen MR) is 88.5 cm³/mol. The summed E-state index contributed by atoms with van der Waals surface area (Å²) in [5, 5.41) is 15.2. The van der Waals surface area contributed by atoms with Crippen LogP contribution in [-0.4, -0.2) is 10.6 Å². The number of hydrogen-bond donors (Lipinski definition) is 1. The van der Waals surface area contributed by atoms with Crippen LogP contribution < -0.4 is 74.0 Å². The largest absolute Gasteiger partial charge is 1.00 e. The number of nitrogens with one attached hydrogen (secondary N) is 1. The molecule has 0 aliphatic heterocycles. The molecule has 1 fully saturated rings. The zero-order valence-electron chi connectivity index (χ0n) is 14.6. The smallest absolute Gasteiger partial charge is 0.869 e. The maximum absolute atomic E-state index is 14.4. The summed E-state index contributed by atoms with van der Waals surface area (Å²) in [5.41, 5.74) is 0.376. The van der Waals surface area contributed by atoms with Gasteiger partial charge in [0.05, 0.1) is 11.2 Å². The zero-order valence-corrected chi connectivity index (χ0v) is 19.5. The van der Waals surface area contributed by atoms with Crippen LogP contribution >= 0.6 is 0 Å². The van der Waals surface area contributed by atoms with Crippen molar-refractivity contribution in [2.75, 3.05) is 5.32 Å². The van der Waals surface area contributed by atoms with E-state index >= 15 is 0 Å². The Kier molecular flexibility index (Phi) is 7.05. The first-order valence-electron chi connectivity index (χ1n) is 8.29. The van der Waals surface area contributed by atoms with Gasteiger partial charge in [-0.2, -0.15) is 0 Å². The van der Waals surface area contributed by atoms with E-state index in [-0.39, 0.29) is 75.7 Å². The first kappa shape index (κ1) is 20.1. The Morgan fingerprint density at radius 3 is 2.54 bits per heavy atom. The summed E-state index contributed by atoms with van der Waals surface area (Å²) in [6, 6.07) is 3.15. The van der Waals surface area contributed by atoms with Gasteiger partial charge in [0, 0.05) is 23.7 Å². The van der Waals surface area contributed by atoms with Crippen LogP contribution in [-0.2, 0) is 0 Å². The minimum absolute atomic E-state index is 0. The normalized spacial score (nSPS) is 15.5. The molecule has 4 nitrogen and oxygen atoms in total. The van der Waals surface area contributed by atoms with E-state index in [0.29, 0.717) is 11.2 Å². The number of nitrogens with zero attached hydrogens (tertiary/aromatic N) is 1. The molecule has 124 valence electrons. The Balaban J connectivity index is 0.00000208. The number of halogens is 1. The standard InChI is InChI=1S/C18H23FN2O2.Rb/c1-11(2)21-10-17(22)18(23)13-8-14(19)15(9-16(13)21)20-12-6-4-3-5-7-12;/h8-12,20,22H,3-7H2,1-2H3;/q;+1/p-1. The van der Waals surface area contributed by atoms with Gasteiger partial charge in [-0.15, -0.1) is 0 Å². The van der Waals surface area contributed by atoms with Crippen LogP contribution in [0, 0.1) is 5.82 Å². The van der Waals surface area contributed by atoms with E-state index in [4.69, 9.17) is 0 Å². The number of hydrogen-bond acceptors (Lipinski definition) is 3. The maximum atomic E-state index is 14.4. The Bertz CT molecular complexity index is 783. The molecule has 6 heteroatoms. The molecule has 0 bridgehead atoms. The third-order valence-electron chi connectivity index (χ3n) is 4.61. The molecule has 2 aromatic rings. The van der Waals surface area contributed by atoms with E-state index in [0.717, 1.165) is 25.7 Å². The van der Waals surface area contributed by atoms with Crippen molar-refractivity contribution >= 4 is 16.6 Å². The molecule has 1 N–H and O–H groups in total. The molecule has 0 unspecified atom stereocenters. The van der Waals surface area contributed by atoms with Crippen LogP contribution in [0.2, 0.25) is 0 Å². The van der Waals surface area contributed by atoms with Gasteiger partial charge in [0.1, 0.15) is 5.82 Å². The van der Waals surface area contributed by atoms with Gasteiger partial charge >= 0.3 is 58.2 Å². The average Bonchev–Trinajstić information content (AvgIpc) is 2.53. The first-order valence-corrected chi connectivity index (χ1v) is 8.29. The van der Waals surface area contributed by atoms with Gasteiger partial charge < -0.3 is 15.0 Å². The molecule has 0 radical (unpaired) electrons. The van der Waals surface area contributed by atoms with Crippen LogP contribution in [0.5, 0.6) is 5.75 Å². The van der Waals surface area contributed by atoms with E-state index in [9.17, 15) is 14.3 Å². The molecule has 1 heterocycles. The number of anilines is 1. The number of rotatable bonds is 3. The first-order chi connectivity index (χ1) is 11.0. The van der Waals surface area contributed by atoms with Crippen LogP contribution in [0.3, 0.4) is 0 Å². The summed E-state index contributed by atoms with van der Waals surface area (Å²) in [5.74, 6) is -1.07. The molecule has 1 aliphatic carbocycles. The SMILES string of the molecule is CC(C)n1cc([O-])c(=O)c2cc(F)c(NC3CCCCC3)cc21.[Rb+]. The van der Waals surface area contributed by atoms with Gasteiger partial charge in [-0.1, -0.05) is 19.3 Å². The van der Waals surface area contributed by atoms with Gasteiger partial charge in [-0.05, 0) is 44.6 Å². The van der Waals surface area contributed by atoms with E-state index in [1.807, 2.05) is 13.8 Å². The van der Waals surface area contributed by atoms with Crippen molar-refractivity contribution in [1.29, 1.82) is 0 Å². The zero-order chi connectivity index (χ0) is 16.6. The Morgan fingerprint density at radius 2 is 1.92 bits per heavy atom. The van der Waals surface area contributed by atoms with Crippen molar-refractivity contribution in [3.05, 3.63) is 34.4 Å². The minimum Gasteiger partial charge on any atom is -0.869 e. The molecule has 1 aromatic heterocycles. The third kappa shape index (κ3) is 4.11. The molecule has 0 spiro atoms. The Morgan fingerprint density at radius 1 is 1.25 bits per heavy atom.